The first-order valence-electron chi connectivity index (χ1n) is 4.55. The zero-order valence-electron chi connectivity index (χ0n) is 8.98. The molecule has 4 nitrogen and oxygen atoms in total. The first kappa shape index (κ1) is 14.0. The van der Waals surface area contributed by atoms with Crippen molar-refractivity contribution in [2.24, 2.45) is 5.14 Å². The third-order valence-corrected chi connectivity index (χ3v) is 3.16. The summed E-state index contributed by atoms with van der Waals surface area (Å²) in [6.07, 6.45) is 0. The predicted molar refractivity (Wildman–Crippen MR) is 62.9 cm³/mol. The van der Waals surface area contributed by atoms with Gasteiger partial charge in [-0.3, -0.25) is 0 Å². The van der Waals surface area contributed by atoms with Crippen LogP contribution in [0.15, 0.2) is 34.2 Å². The molecule has 0 heterocycles. The Morgan fingerprint density at radius 1 is 1.59 bits per heavy atom. The third-order valence-electron chi connectivity index (χ3n) is 1.87. The van der Waals surface area contributed by atoms with E-state index in [4.69, 9.17) is 21.5 Å². The van der Waals surface area contributed by atoms with Crippen molar-refractivity contribution in [3.05, 3.63) is 35.1 Å². The van der Waals surface area contributed by atoms with Crippen molar-refractivity contribution in [2.45, 2.75) is 11.8 Å². The molecular formula is C10H11ClFNO3S. The molecule has 17 heavy (non-hydrogen) atoms. The fraction of sp³-hybridized carbons (Fsp3) is 0.200. The normalized spacial score (nSPS) is 12.6. The Balaban J connectivity index is 2.91. The first-order valence-corrected chi connectivity index (χ1v) is 6.54. The fourth-order valence-corrected chi connectivity index (χ4v) is 1.59. The van der Waals surface area contributed by atoms with Crippen molar-refractivity contribution in [1.29, 1.82) is 0 Å². The minimum atomic E-state index is -3.91. The molecule has 1 aromatic carbocycles. The van der Waals surface area contributed by atoms with E-state index >= 15 is 0 Å². The van der Waals surface area contributed by atoms with E-state index < -0.39 is 15.8 Å². The number of benzene rings is 1. The van der Waals surface area contributed by atoms with Crippen LogP contribution in [0.1, 0.15) is 6.92 Å². The van der Waals surface area contributed by atoms with Gasteiger partial charge in [-0.25, -0.2) is 17.9 Å². The van der Waals surface area contributed by atoms with Crippen molar-refractivity contribution in [1.82, 2.24) is 0 Å². The van der Waals surface area contributed by atoms with E-state index in [2.05, 4.69) is 0 Å². The lowest BCUT2D eigenvalue weighted by molar-refractivity contribution is 0.332. The Hall–Kier alpha value is -1.11. The number of hydrogen-bond acceptors (Lipinski definition) is 3. The Bertz CT molecular complexity index is 542. The highest BCUT2D eigenvalue weighted by atomic mass is 35.5. The first-order chi connectivity index (χ1) is 7.84. The molecule has 7 heteroatoms. The number of primary sulfonamides is 1. The molecule has 0 saturated carbocycles. The van der Waals surface area contributed by atoms with Gasteiger partial charge in [-0.05, 0) is 30.7 Å². The van der Waals surface area contributed by atoms with E-state index in [0.29, 0.717) is 5.57 Å². The van der Waals surface area contributed by atoms with E-state index in [1.807, 2.05) is 0 Å². The zero-order valence-corrected chi connectivity index (χ0v) is 10.6. The van der Waals surface area contributed by atoms with E-state index in [-0.39, 0.29) is 17.3 Å². The quantitative estimate of drug-likeness (QED) is 0.916. The van der Waals surface area contributed by atoms with Crippen molar-refractivity contribution in [2.75, 3.05) is 6.61 Å². The summed E-state index contributed by atoms with van der Waals surface area (Å²) in [5.41, 5.74) is 2.03. The summed E-state index contributed by atoms with van der Waals surface area (Å²) >= 11 is 5.41. The summed E-state index contributed by atoms with van der Waals surface area (Å²) in [6.45, 7) is 1.83. The monoisotopic (exact) mass is 279 g/mol. The predicted octanol–water partition coefficient (Wildman–Crippen LogP) is 1.99. The molecule has 0 atom stereocenters. The highest BCUT2D eigenvalue weighted by Crippen LogP contribution is 2.20. The van der Waals surface area contributed by atoms with Gasteiger partial charge in [-0.15, -0.1) is 0 Å². The molecular weight excluding hydrogens is 269 g/mol. The molecule has 1 aromatic rings. The molecule has 1 rings (SSSR count). The third kappa shape index (κ3) is 3.99. The van der Waals surface area contributed by atoms with Gasteiger partial charge in [0.1, 0.15) is 6.61 Å². The standard InChI is InChI=1S/C10H11ClFNO3S/c1-7(5-11)6-16-10-3-2-8(4-9(10)12)17(13,14)15/h2-5H,6H2,1H3,(H2,13,14,15)/b7-5-. The van der Waals surface area contributed by atoms with Gasteiger partial charge in [0.15, 0.2) is 11.6 Å². The van der Waals surface area contributed by atoms with Crippen molar-refractivity contribution >= 4 is 21.6 Å². The Labute approximate surface area is 104 Å². The van der Waals surface area contributed by atoms with Crippen molar-refractivity contribution in [3.63, 3.8) is 0 Å². The number of rotatable bonds is 4. The number of ether oxygens (including phenoxy) is 1. The molecule has 0 aliphatic carbocycles. The Morgan fingerprint density at radius 2 is 2.24 bits per heavy atom. The van der Waals surface area contributed by atoms with E-state index in [1.54, 1.807) is 6.92 Å². The minimum absolute atomic E-state index is 0.0599. The van der Waals surface area contributed by atoms with Crippen LogP contribution in [0, 0.1) is 5.82 Å². The summed E-state index contributed by atoms with van der Waals surface area (Å²) in [5, 5.41) is 4.86. The molecule has 0 spiro atoms. The van der Waals surface area contributed by atoms with Crippen LogP contribution in [-0.4, -0.2) is 15.0 Å². The lowest BCUT2D eigenvalue weighted by atomic mass is 10.3. The van der Waals surface area contributed by atoms with Crippen LogP contribution in [0.25, 0.3) is 0 Å². The molecule has 0 fully saturated rings. The molecule has 0 radical (unpaired) electrons. The topological polar surface area (TPSA) is 69.4 Å². The lowest BCUT2D eigenvalue weighted by Crippen LogP contribution is -2.12. The highest BCUT2D eigenvalue weighted by molar-refractivity contribution is 7.89. The second-order valence-corrected chi connectivity index (χ2v) is 5.16. The molecule has 0 amide bonds. The van der Waals surface area contributed by atoms with Gasteiger partial charge in [-0.2, -0.15) is 0 Å². The van der Waals surface area contributed by atoms with Gasteiger partial charge < -0.3 is 4.74 Å². The van der Waals surface area contributed by atoms with E-state index in [0.717, 1.165) is 6.07 Å². The van der Waals surface area contributed by atoms with Crippen LogP contribution in [0.2, 0.25) is 0 Å². The largest absolute Gasteiger partial charge is 0.486 e. The molecule has 0 aromatic heterocycles. The average Bonchev–Trinajstić information content (AvgIpc) is 2.25. The minimum Gasteiger partial charge on any atom is -0.486 e. The lowest BCUT2D eigenvalue weighted by Gasteiger charge is -2.07. The van der Waals surface area contributed by atoms with Gasteiger partial charge in [-0.1, -0.05) is 11.6 Å². The number of halogens is 2. The maximum absolute atomic E-state index is 13.4. The number of sulfonamides is 1. The summed E-state index contributed by atoms with van der Waals surface area (Å²) < 4.78 is 40.4. The van der Waals surface area contributed by atoms with Crippen LogP contribution in [0.3, 0.4) is 0 Å². The number of nitrogens with two attached hydrogens (primary N) is 1. The smallest absolute Gasteiger partial charge is 0.238 e. The molecule has 94 valence electrons. The van der Waals surface area contributed by atoms with Gasteiger partial charge >= 0.3 is 0 Å². The molecule has 0 saturated heterocycles. The van der Waals surface area contributed by atoms with Gasteiger partial charge in [0.05, 0.1) is 4.90 Å². The van der Waals surface area contributed by atoms with Crippen LogP contribution in [0.4, 0.5) is 4.39 Å². The second kappa shape index (κ2) is 5.48. The average molecular weight is 280 g/mol. The molecule has 0 unspecified atom stereocenters. The molecule has 0 bridgehead atoms. The second-order valence-electron chi connectivity index (χ2n) is 3.38. The highest BCUT2D eigenvalue weighted by Gasteiger charge is 2.12. The zero-order chi connectivity index (χ0) is 13.1. The molecule has 0 aliphatic rings. The van der Waals surface area contributed by atoms with Gasteiger partial charge in [0, 0.05) is 5.54 Å². The molecule has 2 N–H and O–H groups in total. The Morgan fingerprint density at radius 3 is 2.71 bits per heavy atom. The summed E-state index contributed by atoms with van der Waals surface area (Å²) in [7, 11) is -3.91. The molecule has 0 aliphatic heterocycles. The summed E-state index contributed by atoms with van der Waals surface area (Å²) in [6, 6.07) is 3.19. The van der Waals surface area contributed by atoms with Crippen LogP contribution < -0.4 is 9.88 Å². The van der Waals surface area contributed by atoms with Crippen LogP contribution in [-0.2, 0) is 10.0 Å². The van der Waals surface area contributed by atoms with Gasteiger partial charge in [0.25, 0.3) is 0 Å². The maximum Gasteiger partial charge on any atom is 0.238 e. The van der Waals surface area contributed by atoms with E-state index in [9.17, 15) is 12.8 Å². The summed E-state index contributed by atoms with van der Waals surface area (Å²) in [4.78, 5) is -0.299. The maximum atomic E-state index is 13.4. The van der Waals surface area contributed by atoms with Crippen molar-refractivity contribution in [3.8, 4) is 5.75 Å². The summed E-state index contributed by atoms with van der Waals surface area (Å²) in [5.74, 6) is -0.853. The Kier molecular flexibility index (Phi) is 4.50. The van der Waals surface area contributed by atoms with Gasteiger partial charge in [0.2, 0.25) is 10.0 Å². The van der Waals surface area contributed by atoms with E-state index in [1.165, 1.54) is 17.7 Å². The fourth-order valence-electron chi connectivity index (χ4n) is 0.999. The van der Waals surface area contributed by atoms with Crippen LogP contribution in [0.5, 0.6) is 5.75 Å². The number of hydrogen-bond donors (Lipinski definition) is 1. The SMILES string of the molecule is C/C(=C/Cl)COc1ccc(S(N)(=O)=O)cc1F. The van der Waals surface area contributed by atoms with Crippen LogP contribution >= 0.6 is 11.6 Å². The van der Waals surface area contributed by atoms with Crippen molar-refractivity contribution < 1.29 is 17.5 Å².